The number of piperidine rings is 1. The molecule has 0 saturated carbocycles. The van der Waals surface area contributed by atoms with Gasteiger partial charge in [-0.2, -0.15) is 5.10 Å². The highest BCUT2D eigenvalue weighted by Crippen LogP contribution is 2.47. The number of amides is 3. The van der Waals surface area contributed by atoms with Gasteiger partial charge in [0.15, 0.2) is 0 Å². The van der Waals surface area contributed by atoms with Gasteiger partial charge in [-0.25, -0.2) is 4.79 Å². The maximum atomic E-state index is 13.3. The van der Waals surface area contributed by atoms with Crippen molar-refractivity contribution < 1.29 is 9.59 Å². The van der Waals surface area contributed by atoms with Crippen molar-refractivity contribution in [2.24, 2.45) is 7.05 Å². The molecule has 4 heterocycles. The molecule has 2 aromatic carbocycles. The van der Waals surface area contributed by atoms with Crippen molar-refractivity contribution in [3.63, 3.8) is 0 Å². The third-order valence-electron chi connectivity index (χ3n) is 8.82. The van der Waals surface area contributed by atoms with E-state index in [2.05, 4.69) is 57.6 Å². The molecule has 7 rings (SSSR count). The van der Waals surface area contributed by atoms with Crippen LogP contribution in [0.15, 0.2) is 24.4 Å². The number of nitrogens with zero attached hydrogens (tertiary/aromatic N) is 4. The summed E-state index contributed by atoms with van der Waals surface area (Å²) in [5.74, 6) is -0.0161. The van der Waals surface area contributed by atoms with Gasteiger partial charge in [0.05, 0.1) is 16.8 Å². The normalized spacial score (nSPS) is 16.8. The lowest BCUT2D eigenvalue weighted by Crippen LogP contribution is -2.39. The first-order valence-electron chi connectivity index (χ1n) is 14.6. The van der Waals surface area contributed by atoms with Crippen LogP contribution in [0.25, 0.3) is 32.9 Å². The Morgan fingerprint density at radius 3 is 2.73 bits per heavy atom. The summed E-state index contributed by atoms with van der Waals surface area (Å²) in [6.45, 7) is 8.67. The highest BCUT2D eigenvalue weighted by Gasteiger charge is 2.35. The fourth-order valence-electron chi connectivity index (χ4n) is 7.16. The van der Waals surface area contributed by atoms with Gasteiger partial charge in [0.2, 0.25) is 0 Å². The number of anilines is 1. The summed E-state index contributed by atoms with van der Waals surface area (Å²) in [5.41, 5.74) is 9.30. The smallest absolute Gasteiger partial charge is 0.319 e. The van der Waals surface area contributed by atoms with E-state index in [1.54, 1.807) is 0 Å². The van der Waals surface area contributed by atoms with Crippen molar-refractivity contribution in [2.45, 2.75) is 58.5 Å². The molecule has 3 aliphatic rings. The number of benzene rings is 2. The van der Waals surface area contributed by atoms with Gasteiger partial charge in [-0.05, 0) is 81.9 Å². The Labute approximate surface area is 233 Å². The van der Waals surface area contributed by atoms with E-state index in [0.717, 1.165) is 82.4 Å². The van der Waals surface area contributed by atoms with E-state index in [0.29, 0.717) is 13.1 Å². The van der Waals surface area contributed by atoms with E-state index in [4.69, 9.17) is 5.10 Å². The Bertz CT molecular complexity index is 1670. The van der Waals surface area contributed by atoms with Gasteiger partial charge in [0.1, 0.15) is 0 Å². The molecule has 208 valence electrons. The quantitative estimate of drug-likeness (QED) is 0.342. The Morgan fingerprint density at radius 2 is 1.93 bits per heavy atom. The number of carbonyl (C=O) groups is 2. The summed E-state index contributed by atoms with van der Waals surface area (Å²) in [5, 5.41) is 16.1. The van der Waals surface area contributed by atoms with Crippen LogP contribution in [0.4, 0.5) is 10.5 Å². The first-order chi connectivity index (χ1) is 19.4. The van der Waals surface area contributed by atoms with E-state index >= 15 is 0 Å². The van der Waals surface area contributed by atoms with Gasteiger partial charge < -0.3 is 25.4 Å². The number of rotatable bonds is 5. The van der Waals surface area contributed by atoms with Crippen LogP contribution in [-0.4, -0.2) is 57.4 Å². The first-order valence-corrected chi connectivity index (χ1v) is 14.6. The highest BCUT2D eigenvalue weighted by atomic mass is 16.2. The van der Waals surface area contributed by atoms with Gasteiger partial charge in [-0.1, -0.05) is 6.42 Å². The van der Waals surface area contributed by atoms with Crippen LogP contribution >= 0.6 is 0 Å². The van der Waals surface area contributed by atoms with Crippen LogP contribution in [0.1, 0.15) is 66.3 Å². The first kappa shape index (κ1) is 25.1. The Balaban J connectivity index is 1.31. The standard InChI is InChI=1S/C31H37N7O2/c1-18(2)38-25-10-7-19(34-31(40)32-11-14-37-12-5-4-6-13-37)15-21(25)27-22-16-33-30(39)28(22)26-20(29(27)38)8-9-24-23(26)17-36(3)35-24/h7,10,15,17-18H,4-6,8-9,11-14,16H2,1-3H3,(H,33,39)(H2,32,34,40). The molecule has 0 spiro atoms. The third-order valence-corrected chi connectivity index (χ3v) is 8.82. The zero-order valence-electron chi connectivity index (χ0n) is 23.6. The van der Waals surface area contributed by atoms with Crippen LogP contribution in [0.2, 0.25) is 0 Å². The fraction of sp³-hybridized carbons (Fsp3) is 0.452. The van der Waals surface area contributed by atoms with Crippen molar-refractivity contribution in [3.8, 4) is 11.1 Å². The molecule has 0 radical (unpaired) electrons. The summed E-state index contributed by atoms with van der Waals surface area (Å²) < 4.78 is 4.27. The maximum Gasteiger partial charge on any atom is 0.319 e. The second-order valence-corrected chi connectivity index (χ2v) is 11.8. The van der Waals surface area contributed by atoms with Gasteiger partial charge in [0, 0.05) is 72.0 Å². The number of nitrogens with one attached hydrogen (secondary N) is 3. The lowest BCUT2D eigenvalue weighted by atomic mass is 9.82. The zero-order valence-corrected chi connectivity index (χ0v) is 23.6. The third kappa shape index (κ3) is 3.98. The number of aryl methyl sites for hydroxylation is 3. The Morgan fingerprint density at radius 1 is 1.10 bits per heavy atom. The average molecular weight is 540 g/mol. The Kier molecular flexibility index (Phi) is 6.07. The average Bonchev–Trinajstić information content (AvgIpc) is 3.61. The molecule has 3 amide bonds. The summed E-state index contributed by atoms with van der Waals surface area (Å²) >= 11 is 0. The lowest BCUT2D eigenvalue weighted by molar-refractivity contribution is 0.0966. The molecule has 9 heteroatoms. The summed E-state index contributed by atoms with van der Waals surface area (Å²) in [7, 11) is 1.94. The lowest BCUT2D eigenvalue weighted by Gasteiger charge is -2.26. The summed E-state index contributed by atoms with van der Waals surface area (Å²) in [4.78, 5) is 28.5. The molecule has 1 aliphatic carbocycles. The predicted molar refractivity (Wildman–Crippen MR) is 158 cm³/mol. The van der Waals surface area contributed by atoms with Crippen LogP contribution in [-0.2, 0) is 26.4 Å². The van der Waals surface area contributed by atoms with E-state index in [9.17, 15) is 9.59 Å². The molecule has 3 N–H and O–H groups in total. The second kappa shape index (κ2) is 9.66. The number of likely N-dealkylation sites (tertiary alicyclic amines) is 1. The number of aromatic nitrogens is 3. The number of hydrogen-bond acceptors (Lipinski definition) is 4. The van der Waals surface area contributed by atoms with Gasteiger partial charge >= 0.3 is 6.03 Å². The minimum atomic E-state index is -0.187. The van der Waals surface area contributed by atoms with Gasteiger partial charge in [0.25, 0.3) is 5.91 Å². The van der Waals surface area contributed by atoms with E-state index in [1.807, 2.05) is 17.8 Å². The number of urea groups is 1. The number of fused-ring (bicyclic) bond motifs is 10. The van der Waals surface area contributed by atoms with E-state index in [1.165, 1.54) is 30.3 Å². The SMILES string of the molecule is CC(C)n1c2ccc(NC(=O)NCCN3CCCCC3)cc2c2c3c(c4c(c21)CCc1nn(C)cc1-4)C(=O)NC3. The molecule has 2 aromatic heterocycles. The summed E-state index contributed by atoms with van der Waals surface area (Å²) in [6.07, 6.45) is 7.54. The van der Waals surface area contributed by atoms with Crippen LogP contribution < -0.4 is 16.0 Å². The number of hydrogen-bond donors (Lipinski definition) is 3. The van der Waals surface area contributed by atoms with Crippen molar-refractivity contribution in [1.82, 2.24) is 29.9 Å². The van der Waals surface area contributed by atoms with Gasteiger partial charge in [-0.3, -0.25) is 9.48 Å². The molecule has 0 unspecified atom stereocenters. The van der Waals surface area contributed by atoms with Crippen LogP contribution in [0.3, 0.4) is 0 Å². The largest absolute Gasteiger partial charge is 0.348 e. The molecular weight excluding hydrogens is 502 g/mol. The molecule has 0 bridgehead atoms. The highest BCUT2D eigenvalue weighted by molar-refractivity contribution is 6.20. The monoisotopic (exact) mass is 539 g/mol. The molecule has 40 heavy (non-hydrogen) atoms. The molecule has 1 saturated heterocycles. The molecule has 4 aromatic rings. The molecular formula is C31H37N7O2. The molecule has 2 aliphatic heterocycles. The van der Waals surface area contributed by atoms with E-state index < -0.39 is 0 Å². The second-order valence-electron chi connectivity index (χ2n) is 11.8. The maximum absolute atomic E-state index is 13.3. The molecule has 1 fully saturated rings. The summed E-state index contributed by atoms with van der Waals surface area (Å²) in [6, 6.07) is 6.21. The van der Waals surface area contributed by atoms with Crippen molar-refractivity contribution in [3.05, 3.63) is 46.8 Å². The predicted octanol–water partition coefficient (Wildman–Crippen LogP) is 4.73. The molecule has 9 nitrogen and oxygen atoms in total. The van der Waals surface area contributed by atoms with Crippen molar-refractivity contribution in [2.75, 3.05) is 31.5 Å². The van der Waals surface area contributed by atoms with Crippen molar-refractivity contribution in [1.29, 1.82) is 0 Å². The zero-order chi connectivity index (χ0) is 27.5. The van der Waals surface area contributed by atoms with Gasteiger partial charge in [-0.15, -0.1) is 0 Å². The van der Waals surface area contributed by atoms with Crippen molar-refractivity contribution >= 4 is 39.4 Å². The molecule has 0 atom stereocenters. The minimum Gasteiger partial charge on any atom is -0.348 e. The Hall–Kier alpha value is -3.85. The topological polar surface area (TPSA) is 96.2 Å². The van der Waals surface area contributed by atoms with E-state index in [-0.39, 0.29) is 18.0 Å². The number of carbonyl (C=O) groups excluding carboxylic acids is 2. The van der Waals surface area contributed by atoms with Crippen LogP contribution in [0, 0.1) is 0 Å². The van der Waals surface area contributed by atoms with Crippen LogP contribution in [0.5, 0.6) is 0 Å². The fourth-order valence-corrected chi connectivity index (χ4v) is 7.16. The minimum absolute atomic E-state index is 0.0161.